The van der Waals surface area contributed by atoms with Crippen molar-refractivity contribution < 1.29 is 9.13 Å². The molecule has 0 radical (unpaired) electrons. The average molecular weight is 250 g/mol. The Morgan fingerprint density at radius 1 is 1.56 bits per heavy atom. The third-order valence-electron chi connectivity index (χ3n) is 2.98. The van der Waals surface area contributed by atoms with Gasteiger partial charge in [-0.2, -0.15) is 5.26 Å². The van der Waals surface area contributed by atoms with Crippen LogP contribution in [-0.2, 0) is 0 Å². The molecule has 98 valence electrons. The van der Waals surface area contributed by atoms with Crippen LogP contribution in [0.5, 0.6) is 5.75 Å². The van der Waals surface area contributed by atoms with E-state index in [1.54, 1.807) is 39.1 Å². The van der Waals surface area contributed by atoms with Crippen LogP contribution in [0.2, 0.25) is 0 Å². The van der Waals surface area contributed by atoms with Gasteiger partial charge in [0.05, 0.1) is 12.2 Å². The fraction of sp³-hybridized carbons (Fsp3) is 0.500. The smallest absolute Gasteiger partial charge is 0.167 e. The van der Waals surface area contributed by atoms with E-state index in [0.29, 0.717) is 12.0 Å². The number of nitriles is 1. The molecule has 0 heterocycles. The molecular formula is C14H19FN2O. The molecule has 1 aromatic rings. The van der Waals surface area contributed by atoms with Gasteiger partial charge >= 0.3 is 0 Å². The molecule has 0 bridgehead atoms. The number of hydrogen-bond acceptors (Lipinski definition) is 3. The van der Waals surface area contributed by atoms with Crippen LogP contribution in [0.15, 0.2) is 18.2 Å². The van der Waals surface area contributed by atoms with Gasteiger partial charge in [-0.15, -0.1) is 0 Å². The second-order valence-electron chi connectivity index (χ2n) is 4.71. The van der Waals surface area contributed by atoms with Crippen molar-refractivity contribution in [3.63, 3.8) is 0 Å². The van der Waals surface area contributed by atoms with Crippen molar-refractivity contribution in [1.82, 2.24) is 5.32 Å². The van der Waals surface area contributed by atoms with E-state index in [2.05, 4.69) is 11.4 Å². The first-order valence-corrected chi connectivity index (χ1v) is 5.94. The van der Waals surface area contributed by atoms with E-state index >= 15 is 0 Å². The molecule has 0 aliphatic carbocycles. The Labute approximate surface area is 108 Å². The number of hydrogen-bond donors (Lipinski definition) is 1. The van der Waals surface area contributed by atoms with Gasteiger partial charge in [-0.3, -0.25) is 0 Å². The zero-order valence-electron chi connectivity index (χ0n) is 11.2. The summed E-state index contributed by atoms with van der Waals surface area (Å²) in [7, 11) is 1.73. The summed E-state index contributed by atoms with van der Waals surface area (Å²) in [6.45, 7) is 5.31. The summed E-state index contributed by atoms with van der Waals surface area (Å²) >= 11 is 0. The van der Waals surface area contributed by atoms with Crippen molar-refractivity contribution in [2.75, 3.05) is 7.05 Å². The minimum atomic E-state index is -0.667. The Hall–Kier alpha value is -1.60. The summed E-state index contributed by atoms with van der Waals surface area (Å²) in [4.78, 5) is 0. The third kappa shape index (κ3) is 3.44. The molecule has 0 aromatic heterocycles. The summed E-state index contributed by atoms with van der Waals surface area (Å²) < 4.78 is 19.3. The molecule has 1 aromatic carbocycles. The highest BCUT2D eigenvalue weighted by molar-refractivity contribution is 5.30. The van der Waals surface area contributed by atoms with E-state index in [0.717, 1.165) is 0 Å². The molecule has 1 rings (SSSR count). The molecule has 0 saturated heterocycles. The maximum atomic E-state index is 13.8. The first-order valence-electron chi connectivity index (χ1n) is 5.94. The first-order chi connectivity index (χ1) is 8.41. The van der Waals surface area contributed by atoms with Gasteiger partial charge in [-0.05, 0) is 39.4 Å². The van der Waals surface area contributed by atoms with Crippen molar-refractivity contribution in [3.8, 4) is 11.8 Å². The topological polar surface area (TPSA) is 45.0 Å². The third-order valence-corrected chi connectivity index (χ3v) is 2.98. The monoisotopic (exact) mass is 250 g/mol. The van der Waals surface area contributed by atoms with Crippen molar-refractivity contribution in [2.24, 2.45) is 0 Å². The van der Waals surface area contributed by atoms with E-state index in [9.17, 15) is 4.39 Å². The van der Waals surface area contributed by atoms with Crippen molar-refractivity contribution in [3.05, 3.63) is 29.6 Å². The Morgan fingerprint density at radius 3 is 2.78 bits per heavy atom. The zero-order chi connectivity index (χ0) is 13.8. The van der Waals surface area contributed by atoms with Gasteiger partial charge in [0.25, 0.3) is 0 Å². The van der Waals surface area contributed by atoms with Crippen molar-refractivity contribution >= 4 is 0 Å². The van der Waals surface area contributed by atoms with Crippen LogP contribution in [0.1, 0.15) is 25.8 Å². The fourth-order valence-electron chi connectivity index (χ4n) is 1.75. The average Bonchev–Trinajstić information content (AvgIpc) is 2.34. The van der Waals surface area contributed by atoms with Crippen LogP contribution in [0, 0.1) is 24.1 Å². The van der Waals surface area contributed by atoms with E-state index in [1.807, 2.05) is 6.92 Å². The van der Waals surface area contributed by atoms with Gasteiger partial charge in [-0.25, -0.2) is 4.39 Å². The highest BCUT2D eigenvalue weighted by Gasteiger charge is 2.25. The van der Waals surface area contributed by atoms with Crippen LogP contribution in [0.3, 0.4) is 0 Å². The summed E-state index contributed by atoms with van der Waals surface area (Å²) in [5.41, 5.74) is -0.115. The Kier molecular flexibility index (Phi) is 4.69. The molecule has 1 N–H and O–H groups in total. The number of nitrogens with zero attached hydrogens (tertiary/aromatic N) is 1. The summed E-state index contributed by atoms with van der Waals surface area (Å²) in [5.74, 6) is -0.105. The second-order valence-corrected chi connectivity index (χ2v) is 4.71. The number of benzene rings is 1. The van der Waals surface area contributed by atoms with Crippen LogP contribution in [0.25, 0.3) is 0 Å². The van der Waals surface area contributed by atoms with Crippen LogP contribution >= 0.6 is 0 Å². The predicted octanol–water partition coefficient (Wildman–Crippen LogP) is 2.79. The fourth-order valence-corrected chi connectivity index (χ4v) is 1.75. The van der Waals surface area contributed by atoms with Crippen molar-refractivity contribution in [2.45, 2.75) is 38.8 Å². The van der Waals surface area contributed by atoms with Crippen LogP contribution in [0.4, 0.5) is 4.39 Å². The van der Waals surface area contributed by atoms with Gasteiger partial charge in [0.1, 0.15) is 5.54 Å². The number of halogens is 1. The van der Waals surface area contributed by atoms with E-state index < -0.39 is 5.54 Å². The molecule has 0 aliphatic heterocycles. The predicted molar refractivity (Wildman–Crippen MR) is 68.9 cm³/mol. The van der Waals surface area contributed by atoms with Crippen molar-refractivity contribution in [1.29, 1.82) is 5.26 Å². The standard InChI is InChI=1S/C14H19FN2O/c1-10-6-5-7-12(13(10)15)18-11(2)8-14(3,9-16)17-4/h5-7,11,17H,8H2,1-4H3. The van der Waals surface area contributed by atoms with Crippen LogP contribution < -0.4 is 10.1 Å². The lowest BCUT2D eigenvalue weighted by Crippen LogP contribution is -2.41. The minimum absolute atomic E-state index is 0.235. The molecule has 2 atom stereocenters. The number of rotatable bonds is 5. The van der Waals surface area contributed by atoms with Gasteiger partial charge in [-0.1, -0.05) is 12.1 Å². The molecule has 2 unspecified atom stereocenters. The maximum absolute atomic E-state index is 13.8. The normalized spacial score (nSPS) is 15.6. The quantitative estimate of drug-likeness (QED) is 0.874. The Balaban J connectivity index is 2.74. The highest BCUT2D eigenvalue weighted by atomic mass is 19.1. The summed E-state index contributed by atoms with van der Waals surface area (Å²) in [6.07, 6.45) is 0.228. The molecular weight excluding hydrogens is 231 g/mol. The van der Waals surface area contributed by atoms with Crippen LogP contribution in [-0.4, -0.2) is 18.7 Å². The lowest BCUT2D eigenvalue weighted by Gasteiger charge is -2.25. The van der Waals surface area contributed by atoms with E-state index in [1.165, 1.54) is 0 Å². The molecule has 4 heteroatoms. The molecule has 0 saturated carbocycles. The molecule has 18 heavy (non-hydrogen) atoms. The first kappa shape index (κ1) is 14.5. The van der Waals surface area contributed by atoms with Gasteiger partial charge < -0.3 is 10.1 Å². The molecule has 0 spiro atoms. The lowest BCUT2D eigenvalue weighted by atomic mass is 9.97. The molecule has 0 fully saturated rings. The largest absolute Gasteiger partial charge is 0.488 e. The summed E-state index contributed by atoms with van der Waals surface area (Å²) in [6, 6.07) is 7.23. The number of nitrogens with one attached hydrogen (secondary N) is 1. The van der Waals surface area contributed by atoms with E-state index in [4.69, 9.17) is 10.00 Å². The Morgan fingerprint density at radius 2 is 2.22 bits per heavy atom. The Bertz CT molecular complexity index is 456. The van der Waals surface area contributed by atoms with E-state index in [-0.39, 0.29) is 17.7 Å². The second kappa shape index (κ2) is 5.83. The van der Waals surface area contributed by atoms with Gasteiger partial charge in [0.15, 0.2) is 11.6 Å². The number of aryl methyl sites for hydroxylation is 1. The lowest BCUT2D eigenvalue weighted by molar-refractivity contribution is 0.175. The minimum Gasteiger partial charge on any atom is -0.488 e. The van der Waals surface area contributed by atoms with Gasteiger partial charge in [0, 0.05) is 6.42 Å². The zero-order valence-corrected chi connectivity index (χ0v) is 11.2. The molecule has 0 aliphatic rings. The van der Waals surface area contributed by atoms with Gasteiger partial charge in [0.2, 0.25) is 0 Å². The molecule has 0 amide bonds. The maximum Gasteiger partial charge on any atom is 0.167 e. The summed E-state index contributed by atoms with van der Waals surface area (Å²) in [5, 5.41) is 12.0. The molecule has 3 nitrogen and oxygen atoms in total. The SMILES string of the molecule is CNC(C)(C#N)CC(C)Oc1cccc(C)c1F. The highest BCUT2D eigenvalue weighted by Crippen LogP contribution is 2.23. The number of ether oxygens (including phenoxy) is 1.